The summed E-state index contributed by atoms with van der Waals surface area (Å²) >= 11 is 0. The number of nitrogens with zero attached hydrogens (tertiary/aromatic N) is 3. The van der Waals surface area contributed by atoms with Crippen LogP contribution in [-0.4, -0.2) is 27.3 Å². The summed E-state index contributed by atoms with van der Waals surface area (Å²) in [6.45, 7) is 2.06. The van der Waals surface area contributed by atoms with Crippen LogP contribution in [0.5, 0.6) is 0 Å². The first-order valence-electron chi connectivity index (χ1n) is 10.9. The van der Waals surface area contributed by atoms with Gasteiger partial charge in [0.05, 0.1) is 17.5 Å². The molecule has 0 atom stereocenters. The van der Waals surface area contributed by atoms with E-state index in [0.717, 1.165) is 22.2 Å². The first-order valence-corrected chi connectivity index (χ1v) is 10.9. The molecule has 5 rings (SSSR count). The molecular formula is C28H23N3O2. The van der Waals surface area contributed by atoms with Crippen molar-refractivity contribution in [3.63, 3.8) is 0 Å². The fraction of sp³-hybridized carbons (Fsp3) is 0.107. The molecule has 0 unspecified atom stereocenters. The Morgan fingerprint density at radius 2 is 1.33 bits per heavy atom. The third-order valence-electron chi connectivity index (χ3n) is 5.84. The molecule has 5 heteroatoms. The fourth-order valence-corrected chi connectivity index (χ4v) is 4.47. The van der Waals surface area contributed by atoms with E-state index in [2.05, 4.69) is 41.4 Å². The van der Waals surface area contributed by atoms with Gasteiger partial charge in [-0.25, -0.2) is 9.48 Å². The molecule has 0 saturated carbocycles. The van der Waals surface area contributed by atoms with Crippen molar-refractivity contribution < 1.29 is 9.53 Å². The quantitative estimate of drug-likeness (QED) is 0.264. The first-order chi connectivity index (χ1) is 16.3. The van der Waals surface area contributed by atoms with Crippen LogP contribution in [0.4, 0.5) is 0 Å². The molecule has 2 aromatic heterocycles. The Labute approximate surface area is 192 Å². The average Bonchev–Trinajstić information content (AvgIpc) is 3.27. The molecule has 0 N–H and O–H groups in total. The molecule has 0 aliphatic rings. The van der Waals surface area contributed by atoms with Gasteiger partial charge >= 0.3 is 5.97 Å². The van der Waals surface area contributed by atoms with Crippen molar-refractivity contribution in [2.75, 3.05) is 6.61 Å². The average molecular weight is 434 g/mol. The normalized spacial score (nSPS) is 11.4. The molecule has 5 nitrogen and oxygen atoms in total. The second kappa shape index (κ2) is 8.71. The predicted molar refractivity (Wildman–Crippen MR) is 128 cm³/mol. The molecule has 0 aliphatic heterocycles. The topological polar surface area (TPSA) is 57.0 Å². The van der Waals surface area contributed by atoms with Gasteiger partial charge in [-0.3, -0.25) is 4.98 Å². The van der Waals surface area contributed by atoms with E-state index >= 15 is 0 Å². The summed E-state index contributed by atoms with van der Waals surface area (Å²) in [4.78, 5) is 17.2. The molecule has 0 spiro atoms. The molecule has 162 valence electrons. The number of aromatic nitrogens is 3. The van der Waals surface area contributed by atoms with Crippen LogP contribution < -0.4 is 0 Å². The lowest BCUT2D eigenvalue weighted by atomic mass is 9.77. The standard InChI is InChI=1S/C28H23N3O2/c1-2-33-27(32)26-24-20-29-19-18-25(24)31(30-26)28(21-12-6-3-7-13-21,22-14-8-4-9-15-22)23-16-10-5-11-17-23/h3-20H,2H2,1H3. The molecule has 0 radical (unpaired) electrons. The van der Waals surface area contributed by atoms with Crippen LogP contribution in [0.3, 0.4) is 0 Å². The Kier molecular flexibility index (Phi) is 5.45. The van der Waals surface area contributed by atoms with Crippen LogP contribution in [0.25, 0.3) is 10.9 Å². The highest BCUT2D eigenvalue weighted by Gasteiger charge is 2.41. The summed E-state index contributed by atoms with van der Waals surface area (Å²) in [5.74, 6) is -0.461. The van der Waals surface area contributed by atoms with Crippen LogP contribution in [0.15, 0.2) is 109 Å². The molecule has 0 amide bonds. The molecule has 0 saturated heterocycles. The molecule has 2 heterocycles. The van der Waals surface area contributed by atoms with Gasteiger partial charge in [0.15, 0.2) is 5.69 Å². The number of carbonyl (C=O) groups excluding carboxylic acids is 1. The van der Waals surface area contributed by atoms with Gasteiger partial charge in [-0.1, -0.05) is 91.0 Å². The summed E-state index contributed by atoms with van der Waals surface area (Å²) in [6, 6.07) is 32.6. The van der Waals surface area contributed by atoms with Crippen LogP contribution in [0.1, 0.15) is 34.1 Å². The Bertz CT molecular complexity index is 1280. The smallest absolute Gasteiger partial charge is 0.359 e. The third-order valence-corrected chi connectivity index (χ3v) is 5.84. The van der Waals surface area contributed by atoms with Crippen LogP contribution >= 0.6 is 0 Å². The summed E-state index contributed by atoms with van der Waals surface area (Å²) in [6.07, 6.45) is 3.40. The third kappa shape index (κ3) is 3.38. The van der Waals surface area contributed by atoms with Crippen molar-refractivity contribution in [2.45, 2.75) is 12.5 Å². The molecule has 5 aromatic rings. The molecule has 0 bridgehead atoms. The number of benzene rings is 3. The van der Waals surface area contributed by atoms with Crippen molar-refractivity contribution in [1.82, 2.24) is 14.8 Å². The fourth-order valence-electron chi connectivity index (χ4n) is 4.47. The number of hydrogen-bond donors (Lipinski definition) is 0. The number of carbonyl (C=O) groups is 1. The Hall–Kier alpha value is -4.25. The summed E-state index contributed by atoms with van der Waals surface area (Å²) in [5.41, 5.74) is 3.31. The lowest BCUT2D eigenvalue weighted by molar-refractivity contribution is 0.0520. The molecule has 3 aromatic carbocycles. The number of esters is 1. The largest absolute Gasteiger partial charge is 0.461 e. The maximum Gasteiger partial charge on any atom is 0.359 e. The van der Waals surface area contributed by atoms with Gasteiger partial charge in [-0.15, -0.1) is 0 Å². The minimum Gasteiger partial charge on any atom is -0.461 e. The van der Waals surface area contributed by atoms with Crippen molar-refractivity contribution in [2.24, 2.45) is 0 Å². The highest BCUT2D eigenvalue weighted by molar-refractivity contribution is 6.02. The van der Waals surface area contributed by atoms with E-state index in [1.54, 1.807) is 19.3 Å². The van der Waals surface area contributed by atoms with Crippen LogP contribution in [-0.2, 0) is 10.3 Å². The minimum absolute atomic E-state index is 0.257. The van der Waals surface area contributed by atoms with Gasteiger partial charge in [-0.2, -0.15) is 5.10 Å². The minimum atomic E-state index is -0.825. The predicted octanol–water partition coefficient (Wildman–Crippen LogP) is 5.45. The van der Waals surface area contributed by atoms with E-state index in [0.29, 0.717) is 5.39 Å². The molecular weight excluding hydrogens is 410 g/mol. The van der Waals surface area contributed by atoms with Gasteiger partial charge in [0.1, 0.15) is 5.54 Å². The van der Waals surface area contributed by atoms with Crippen molar-refractivity contribution >= 4 is 16.9 Å². The van der Waals surface area contributed by atoms with Crippen molar-refractivity contribution in [3.05, 3.63) is 132 Å². The maximum absolute atomic E-state index is 12.9. The van der Waals surface area contributed by atoms with Gasteiger partial charge in [0.2, 0.25) is 0 Å². The summed E-state index contributed by atoms with van der Waals surface area (Å²) < 4.78 is 7.28. The molecule has 0 aliphatic carbocycles. The second-order valence-electron chi connectivity index (χ2n) is 7.68. The van der Waals surface area contributed by atoms with E-state index in [1.807, 2.05) is 65.3 Å². The van der Waals surface area contributed by atoms with E-state index in [-0.39, 0.29) is 12.3 Å². The molecule has 33 heavy (non-hydrogen) atoms. The highest BCUT2D eigenvalue weighted by Crippen LogP contribution is 2.42. The van der Waals surface area contributed by atoms with Crippen molar-refractivity contribution in [3.8, 4) is 0 Å². The van der Waals surface area contributed by atoms with Crippen molar-refractivity contribution in [1.29, 1.82) is 0 Å². The zero-order valence-electron chi connectivity index (χ0n) is 18.3. The second-order valence-corrected chi connectivity index (χ2v) is 7.68. The Morgan fingerprint density at radius 3 is 1.82 bits per heavy atom. The summed E-state index contributed by atoms with van der Waals surface area (Å²) in [5, 5.41) is 5.57. The maximum atomic E-state index is 12.9. The summed E-state index contributed by atoms with van der Waals surface area (Å²) in [7, 11) is 0. The highest BCUT2D eigenvalue weighted by atomic mass is 16.5. The lowest BCUT2D eigenvalue weighted by Crippen LogP contribution is -2.38. The van der Waals surface area contributed by atoms with Gasteiger partial charge in [-0.05, 0) is 29.7 Å². The Morgan fingerprint density at radius 1 is 0.818 bits per heavy atom. The van der Waals surface area contributed by atoms with Crippen LogP contribution in [0.2, 0.25) is 0 Å². The number of rotatable bonds is 6. The van der Waals surface area contributed by atoms with Gasteiger partial charge in [0, 0.05) is 12.4 Å². The Balaban J connectivity index is 1.95. The SMILES string of the molecule is CCOC(=O)c1nn(C(c2ccccc2)(c2ccccc2)c2ccccc2)c2ccncc12. The number of fused-ring (bicyclic) bond motifs is 1. The van der Waals surface area contributed by atoms with E-state index in [1.165, 1.54) is 0 Å². The number of hydrogen-bond acceptors (Lipinski definition) is 4. The monoisotopic (exact) mass is 433 g/mol. The zero-order chi connectivity index (χ0) is 22.7. The van der Waals surface area contributed by atoms with Crippen LogP contribution in [0, 0.1) is 0 Å². The van der Waals surface area contributed by atoms with E-state index in [4.69, 9.17) is 9.84 Å². The first kappa shape index (κ1) is 20.6. The molecule has 0 fully saturated rings. The van der Waals surface area contributed by atoms with E-state index in [9.17, 15) is 4.79 Å². The van der Waals surface area contributed by atoms with Gasteiger partial charge in [0.25, 0.3) is 0 Å². The zero-order valence-corrected chi connectivity index (χ0v) is 18.3. The lowest BCUT2D eigenvalue weighted by Gasteiger charge is -2.37. The van der Waals surface area contributed by atoms with Gasteiger partial charge < -0.3 is 4.74 Å². The number of pyridine rings is 1. The van der Waals surface area contributed by atoms with E-state index < -0.39 is 11.5 Å². The number of ether oxygens (including phenoxy) is 1.